The van der Waals surface area contributed by atoms with Crippen molar-refractivity contribution in [3.05, 3.63) is 52.9 Å². The van der Waals surface area contributed by atoms with Gasteiger partial charge in [-0.2, -0.15) is 5.10 Å². The summed E-state index contributed by atoms with van der Waals surface area (Å²) in [4.78, 5) is 11.5. The Hall–Kier alpha value is -3.02. The number of aromatic nitrogens is 1. The summed E-state index contributed by atoms with van der Waals surface area (Å²) in [6, 6.07) is 5.05. The van der Waals surface area contributed by atoms with Crippen LogP contribution in [0.4, 0.5) is 0 Å². The number of allylic oxidation sites excluding steroid dienone is 2. The molecule has 130 valence electrons. The molecular formula is C19H22N4O2. The van der Waals surface area contributed by atoms with Gasteiger partial charge in [0.1, 0.15) is 5.75 Å². The first-order valence-corrected chi connectivity index (χ1v) is 8.16. The molecule has 0 saturated carbocycles. The topological polar surface area (TPSA) is 83.8 Å². The number of hydrazone groups is 1. The van der Waals surface area contributed by atoms with Gasteiger partial charge in [-0.25, -0.2) is 0 Å². The molecule has 1 aliphatic carbocycles. The van der Waals surface area contributed by atoms with Crippen LogP contribution < -0.4 is 5.73 Å². The number of nitrogens with zero attached hydrogens (tertiary/aromatic N) is 3. The van der Waals surface area contributed by atoms with Crippen molar-refractivity contribution in [1.82, 2.24) is 9.58 Å². The largest absolute Gasteiger partial charge is 0.508 e. The molecule has 25 heavy (non-hydrogen) atoms. The highest BCUT2D eigenvalue weighted by atomic mass is 16.3. The second kappa shape index (κ2) is 6.84. The van der Waals surface area contributed by atoms with E-state index in [9.17, 15) is 9.90 Å². The molecule has 1 heterocycles. The number of aromatic hydroxyl groups is 1. The van der Waals surface area contributed by atoms with Crippen LogP contribution in [0.3, 0.4) is 0 Å². The van der Waals surface area contributed by atoms with Crippen LogP contribution in [0.2, 0.25) is 0 Å². The predicted octanol–water partition coefficient (Wildman–Crippen LogP) is 2.52. The van der Waals surface area contributed by atoms with Gasteiger partial charge in [0.05, 0.1) is 24.0 Å². The number of rotatable bonds is 5. The van der Waals surface area contributed by atoms with Crippen molar-refractivity contribution in [2.24, 2.45) is 17.9 Å². The van der Waals surface area contributed by atoms with Crippen molar-refractivity contribution in [2.45, 2.75) is 12.8 Å². The van der Waals surface area contributed by atoms with Crippen LogP contribution in [-0.4, -0.2) is 40.8 Å². The maximum Gasteiger partial charge on any atom is 0.167 e. The summed E-state index contributed by atoms with van der Waals surface area (Å²) in [6.45, 7) is 0.688. The van der Waals surface area contributed by atoms with Gasteiger partial charge in [0.2, 0.25) is 0 Å². The lowest BCUT2D eigenvalue weighted by molar-refractivity contribution is 0.111. The Morgan fingerprint density at radius 1 is 1.44 bits per heavy atom. The number of nitrogens with two attached hydrogens (primary N) is 1. The van der Waals surface area contributed by atoms with E-state index in [4.69, 9.17) is 5.73 Å². The fourth-order valence-corrected chi connectivity index (χ4v) is 3.16. The predicted molar refractivity (Wildman–Crippen MR) is 99.8 cm³/mol. The molecule has 0 fully saturated rings. The molecule has 0 radical (unpaired) electrons. The van der Waals surface area contributed by atoms with E-state index in [2.05, 4.69) is 5.10 Å². The number of carbonyl (C=O) groups is 1. The number of fused-ring (bicyclic) bond motifs is 1. The van der Waals surface area contributed by atoms with E-state index in [0.29, 0.717) is 12.2 Å². The average molecular weight is 338 g/mol. The third-order valence-corrected chi connectivity index (χ3v) is 4.41. The van der Waals surface area contributed by atoms with Gasteiger partial charge in [0.15, 0.2) is 6.29 Å². The van der Waals surface area contributed by atoms with Crippen LogP contribution in [0.25, 0.3) is 10.9 Å². The lowest BCUT2D eigenvalue weighted by Crippen LogP contribution is -2.17. The van der Waals surface area contributed by atoms with Crippen molar-refractivity contribution in [3.63, 3.8) is 0 Å². The number of aldehydes is 1. The van der Waals surface area contributed by atoms with Gasteiger partial charge >= 0.3 is 0 Å². The number of phenols is 1. The molecule has 0 bridgehead atoms. The number of carbonyl (C=O) groups excluding carboxylic acids is 1. The molecule has 3 N–H and O–H groups in total. The van der Waals surface area contributed by atoms with E-state index in [1.807, 2.05) is 24.2 Å². The van der Waals surface area contributed by atoms with E-state index in [1.165, 1.54) is 5.57 Å². The minimum absolute atomic E-state index is 0.168. The van der Waals surface area contributed by atoms with Gasteiger partial charge in [-0.05, 0) is 36.6 Å². The second-order valence-corrected chi connectivity index (χ2v) is 6.28. The average Bonchev–Trinajstić information content (AvgIpc) is 2.84. The van der Waals surface area contributed by atoms with Gasteiger partial charge < -0.3 is 15.4 Å². The molecule has 6 nitrogen and oxygen atoms in total. The van der Waals surface area contributed by atoms with E-state index < -0.39 is 0 Å². The van der Waals surface area contributed by atoms with Crippen LogP contribution in [0.1, 0.15) is 28.9 Å². The fourth-order valence-electron chi connectivity index (χ4n) is 3.16. The molecule has 0 unspecified atom stereocenters. The highest BCUT2D eigenvalue weighted by molar-refractivity contribution is 6.06. The van der Waals surface area contributed by atoms with Gasteiger partial charge in [-0.3, -0.25) is 9.80 Å². The molecule has 0 amide bonds. The third-order valence-electron chi connectivity index (χ3n) is 4.41. The van der Waals surface area contributed by atoms with E-state index >= 15 is 0 Å². The Balaban J connectivity index is 1.88. The summed E-state index contributed by atoms with van der Waals surface area (Å²) < 4.78 is 1.76. The van der Waals surface area contributed by atoms with E-state index in [0.717, 1.165) is 41.3 Å². The van der Waals surface area contributed by atoms with Crippen LogP contribution >= 0.6 is 0 Å². The summed E-state index contributed by atoms with van der Waals surface area (Å²) >= 11 is 0. The second-order valence-electron chi connectivity index (χ2n) is 6.28. The standard InChI is InChI=1S/C19H22N4O2/c1-22(11-13-4-3-5-14(20)8-13)21-10-17-16-7-6-15(25)9-18(16)23(2)19(17)12-24/h5-10,12,25H,3-4,11,20H2,1-2H3/b21-10-. The maximum absolute atomic E-state index is 11.5. The fraction of sp³-hybridized carbons (Fsp3) is 0.263. The van der Waals surface area contributed by atoms with Gasteiger partial charge in [0, 0.05) is 36.8 Å². The Kier molecular flexibility index (Phi) is 4.61. The molecule has 0 saturated heterocycles. The zero-order valence-corrected chi connectivity index (χ0v) is 14.4. The smallest absolute Gasteiger partial charge is 0.167 e. The molecule has 1 aromatic carbocycles. The Labute approximate surface area is 146 Å². The highest BCUT2D eigenvalue weighted by Gasteiger charge is 2.14. The molecule has 0 spiro atoms. The first-order chi connectivity index (χ1) is 12.0. The molecule has 6 heteroatoms. The quantitative estimate of drug-likeness (QED) is 0.498. The summed E-state index contributed by atoms with van der Waals surface area (Å²) in [5, 5.41) is 16.9. The van der Waals surface area contributed by atoms with Gasteiger partial charge in [-0.15, -0.1) is 0 Å². The van der Waals surface area contributed by atoms with Crippen molar-refractivity contribution >= 4 is 23.4 Å². The van der Waals surface area contributed by atoms with Crippen molar-refractivity contribution in [2.75, 3.05) is 13.6 Å². The minimum Gasteiger partial charge on any atom is -0.508 e. The first-order valence-electron chi connectivity index (χ1n) is 8.16. The molecule has 1 aromatic heterocycles. The molecule has 0 aliphatic heterocycles. The highest BCUT2D eigenvalue weighted by Crippen LogP contribution is 2.26. The zero-order chi connectivity index (χ0) is 18.0. The minimum atomic E-state index is 0.168. The molecule has 1 aliphatic rings. The third kappa shape index (κ3) is 3.42. The monoisotopic (exact) mass is 338 g/mol. The number of benzene rings is 1. The number of hydrogen-bond acceptors (Lipinski definition) is 5. The molecule has 2 aromatic rings. The summed E-state index contributed by atoms with van der Waals surface area (Å²) in [6.07, 6.45) is 8.46. The number of phenolic OH excluding ortho intramolecular Hbond substituents is 1. The number of aryl methyl sites for hydroxylation is 1. The molecular weight excluding hydrogens is 316 g/mol. The van der Waals surface area contributed by atoms with Crippen LogP contribution in [0.15, 0.2) is 46.7 Å². The maximum atomic E-state index is 11.5. The van der Waals surface area contributed by atoms with Crippen LogP contribution in [-0.2, 0) is 7.05 Å². The number of likely N-dealkylation sites (N-methyl/N-ethyl adjacent to an activating group) is 1. The molecule has 0 atom stereocenters. The zero-order valence-electron chi connectivity index (χ0n) is 14.4. The van der Waals surface area contributed by atoms with Gasteiger partial charge in [-0.1, -0.05) is 6.08 Å². The number of hydrogen-bond donors (Lipinski definition) is 2. The summed E-state index contributed by atoms with van der Waals surface area (Å²) in [5.74, 6) is 0.168. The van der Waals surface area contributed by atoms with Crippen LogP contribution in [0.5, 0.6) is 5.75 Å². The summed E-state index contributed by atoms with van der Waals surface area (Å²) in [7, 11) is 3.69. The van der Waals surface area contributed by atoms with Gasteiger partial charge in [0.25, 0.3) is 0 Å². The lowest BCUT2D eigenvalue weighted by Gasteiger charge is -2.17. The summed E-state index contributed by atoms with van der Waals surface area (Å²) in [5.41, 5.74) is 9.95. The van der Waals surface area contributed by atoms with E-state index in [1.54, 1.807) is 36.0 Å². The van der Waals surface area contributed by atoms with Crippen molar-refractivity contribution < 1.29 is 9.90 Å². The Morgan fingerprint density at radius 2 is 2.24 bits per heavy atom. The lowest BCUT2D eigenvalue weighted by atomic mass is 10.0. The first kappa shape index (κ1) is 16.8. The SMILES string of the molecule is CN(CC1=CC(N)=CCC1)/N=C\c1c(C=O)n(C)c2cc(O)ccc12. The Bertz CT molecular complexity index is 906. The van der Waals surface area contributed by atoms with Crippen molar-refractivity contribution in [3.8, 4) is 5.75 Å². The van der Waals surface area contributed by atoms with E-state index in [-0.39, 0.29) is 5.75 Å². The molecule has 3 rings (SSSR count). The van der Waals surface area contributed by atoms with Crippen molar-refractivity contribution in [1.29, 1.82) is 0 Å². The van der Waals surface area contributed by atoms with Crippen LogP contribution in [0, 0.1) is 0 Å². The normalized spacial score (nSPS) is 14.6. The Morgan fingerprint density at radius 3 is 2.96 bits per heavy atom.